The zero-order valence-electron chi connectivity index (χ0n) is 12.7. The molecule has 1 fully saturated rings. The third-order valence-electron chi connectivity index (χ3n) is 4.27. The van der Waals surface area contributed by atoms with Crippen LogP contribution in [0.15, 0.2) is 24.3 Å². The molecule has 1 aromatic rings. The minimum Gasteiger partial charge on any atom is -0.364 e. The van der Waals surface area contributed by atoms with Crippen molar-refractivity contribution in [2.75, 3.05) is 38.6 Å². The van der Waals surface area contributed by atoms with E-state index in [9.17, 15) is 0 Å². The Bertz CT molecular complexity index is 405. The summed E-state index contributed by atoms with van der Waals surface area (Å²) in [7, 11) is 4.28. The van der Waals surface area contributed by atoms with Gasteiger partial charge in [-0.1, -0.05) is 25.1 Å². The maximum Gasteiger partial charge on any atom is 0.0542 e. The normalized spacial score (nSPS) is 24.7. The summed E-state index contributed by atoms with van der Waals surface area (Å²) in [5, 5.41) is 3.34. The van der Waals surface area contributed by atoms with E-state index in [1.165, 1.54) is 11.3 Å². The minimum absolute atomic E-state index is 0.555. The number of likely N-dealkylation sites (N-methyl/N-ethyl adjacent to an activating group) is 2. The number of hydrogen-bond donors (Lipinski definition) is 1. The van der Waals surface area contributed by atoms with Crippen LogP contribution in [0.2, 0.25) is 0 Å². The molecule has 1 aliphatic heterocycles. The molecule has 1 aliphatic rings. The van der Waals surface area contributed by atoms with E-state index in [1.807, 2.05) is 7.05 Å². The highest BCUT2D eigenvalue weighted by molar-refractivity contribution is 5.55. The minimum atomic E-state index is 0.555. The molecule has 0 radical (unpaired) electrons. The zero-order valence-corrected chi connectivity index (χ0v) is 12.7. The number of nitrogens with one attached hydrogen (secondary N) is 1. The summed E-state index contributed by atoms with van der Waals surface area (Å²) in [6.45, 7) is 7.83. The van der Waals surface area contributed by atoms with Crippen LogP contribution in [-0.4, -0.2) is 50.7 Å². The lowest BCUT2D eigenvalue weighted by Gasteiger charge is -2.45. The first kappa shape index (κ1) is 14.4. The fourth-order valence-electron chi connectivity index (χ4n) is 2.98. The molecule has 0 amide bonds. The van der Waals surface area contributed by atoms with Gasteiger partial charge in [0, 0.05) is 31.4 Å². The van der Waals surface area contributed by atoms with Gasteiger partial charge in [-0.05, 0) is 39.1 Å². The molecule has 19 heavy (non-hydrogen) atoms. The van der Waals surface area contributed by atoms with Gasteiger partial charge in [-0.3, -0.25) is 4.90 Å². The Morgan fingerprint density at radius 2 is 2.00 bits per heavy atom. The molecule has 0 spiro atoms. The fraction of sp³-hybridized carbons (Fsp3) is 0.625. The van der Waals surface area contributed by atoms with Gasteiger partial charge >= 0.3 is 0 Å². The fourth-order valence-corrected chi connectivity index (χ4v) is 2.98. The van der Waals surface area contributed by atoms with Gasteiger partial charge in [0.1, 0.15) is 0 Å². The molecule has 0 bridgehead atoms. The monoisotopic (exact) mass is 261 g/mol. The van der Waals surface area contributed by atoms with Crippen LogP contribution >= 0.6 is 0 Å². The van der Waals surface area contributed by atoms with Crippen molar-refractivity contribution in [2.45, 2.75) is 32.4 Å². The molecular formula is C16H27N3. The second-order valence-corrected chi connectivity index (χ2v) is 5.63. The predicted octanol–water partition coefficient (Wildman–Crippen LogP) is 1.98. The van der Waals surface area contributed by atoms with E-state index in [0.717, 1.165) is 26.1 Å². The van der Waals surface area contributed by atoms with Crippen LogP contribution in [0, 0.1) is 0 Å². The Hall–Kier alpha value is -1.06. The Labute approximate surface area is 117 Å². The first-order valence-corrected chi connectivity index (χ1v) is 7.36. The number of anilines is 1. The van der Waals surface area contributed by atoms with Gasteiger partial charge in [0.25, 0.3) is 0 Å². The van der Waals surface area contributed by atoms with Crippen LogP contribution < -0.4 is 10.2 Å². The molecule has 0 saturated carbocycles. The van der Waals surface area contributed by atoms with Gasteiger partial charge in [-0.2, -0.15) is 0 Å². The number of rotatable bonds is 4. The van der Waals surface area contributed by atoms with Crippen molar-refractivity contribution < 1.29 is 0 Å². The molecule has 1 aromatic carbocycles. The number of benzene rings is 1. The maximum atomic E-state index is 3.34. The maximum absolute atomic E-state index is 3.34. The Morgan fingerprint density at radius 3 is 2.68 bits per heavy atom. The topological polar surface area (TPSA) is 18.5 Å². The number of aryl methyl sites for hydroxylation is 1. The lowest BCUT2D eigenvalue weighted by atomic mass is 10.0. The van der Waals surface area contributed by atoms with Gasteiger partial charge < -0.3 is 10.2 Å². The van der Waals surface area contributed by atoms with E-state index in [1.54, 1.807) is 0 Å². The molecule has 0 aromatic heterocycles. The van der Waals surface area contributed by atoms with E-state index in [-0.39, 0.29) is 0 Å². The largest absolute Gasteiger partial charge is 0.364 e. The van der Waals surface area contributed by atoms with Gasteiger partial charge in [-0.15, -0.1) is 0 Å². The Kier molecular flexibility index (Phi) is 4.83. The average Bonchev–Trinajstić information content (AvgIpc) is 2.43. The standard InChI is InChI=1S/C16H27N3/c1-5-14-8-6-7-9-16(14)19-11-13(2)18(4)12-15(19)10-17-3/h6-9,13,15,17H,5,10-12H2,1-4H3. The third-order valence-corrected chi connectivity index (χ3v) is 4.27. The van der Waals surface area contributed by atoms with Gasteiger partial charge in [0.2, 0.25) is 0 Å². The van der Waals surface area contributed by atoms with Crippen LogP contribution in [0.25, 0.3) is 0 Å². The summed E-state index contributed by atoms with van der Waals surface area (Å²) in [4.78, 5) is 5.06. The molecule has 3 nitrogen and oxygen atoms in total. The summed E-state index contributed by atoms with van der Waals surface area (Å²) < 4.78 is 0. The molecule has 2 unspecified atom stereocenters. The van der Waals surface area contributed by atoms with E-state index in [2.05, 4.69) is 60.3 Å². The zero-order chi connectivity index (χ0) is 13.8. The quantitative estimate of drug-likeness (QED) is 0.894. The number of piperazine rings is 1. The Balaban J connectivity index is 2.28. The summed E-state index contributed by atoms with van der Waals surface area (Å²) in [6, 6.07) is 10.0. The second kappa shape index (κ2) is 6.40. The average molecular weight is 261 g/mol. The van der Waals surface area contributed by atoms with Crippen LogP contribution in [0.5, 0.6) is 0 Å². The van der Waals surface area contributed by atoms with Gasteiger partial charge in [-0.25, -0.2) is 0 Å². The summed E-state index contributed by atoms with van der Waals surface area (Å²) in [5.74, 6) is 0. The molecule has 1 heterocycles. The third kappa shape index (κ3) is 3.10. The molecule has 0 aliphatic carbocycles. The van der Waals surface area contributed by atoms with Crippen molar-refractivity contribution in [3.63, 3.8) is 0 Å². The van der Waals surface area contributed by atoms with Crippen molar-refractivity contribution in [1.29, 1.82) is 0 Å². The lowest BCUT2D eigenvalue weighted by Crippen LogP contribution is -2.59. The summed E-state index contributed by atoms with van der Waals surface area (Å²) in [6.07, 6.45) is 1.10. The highest BCUT2D eigenvalue weighted by Gasteiger charge is 2.29. The Morgan fingerprint density at radius 1 is 1.26 bits per heavy atom. The van der Waals surface area contributed by atoms with E-state index < -0.39 is 0 Å². The summed E-state index contributed by atoms with van der Waals surface area (Å²) in [5.41, 5.74) is 2.88. The predicted molar refractivity (Wildman–Crippen MR) is 83.0 cm³/mol. The first-order valence-electron chi connectivity index (χ1n) is 7.36. The summed E-state index contributed by atoms with van der Waals surface area (Å²) >= 11 is 0. The molecule has 2 rings (SSSR count). The molecular weight excluding hydrogens is 234 g/mol. The van der Waals surface area contributed by atoms with E-state index >= 15 is 0 Å². The van der Waals surface area contributed by atoms with E-state index in [0.29, 0.717) is 12.1 Å². The number of para-hydroxylation sites is 1. The van der Waals surface area contributed by atoms with Crippen LogP contribution in [0.3, 0.4) is 0 Å². The van der Waals surface area contributed by atoms with Crippen LogP contribution in [0.4, 0.5) is 5.69 Å². The van der Waals surface area contributed by atoms with Crippen molar-refractivity contribution in [2.24, 2.45) is 0 Å². The van der Waals surface area contributed by atoms with Crippen molar-refractivity contribution >= 4 is 5.69 Å². The second-order valence-electron chi connectivity index (χ2n) is 5.63. The SMILES string of the molecule is CCc1ccccc1N1CC(C)N(C)CC1CNC. The molecule has 106 valence electrons. The van der Waals surface area contributed by atoms with Crippen molar-refractivity contribution in [3.05, 3.63) is 29.8 Å². The molecule has 2 atom stereocenters. The highest BCUT2D eigenvalue weighted by Crippen LogP contribution is 2.26. The number of nitrogens with zero attached hydrogens (tertiary/aromatic N) is 2. The smallest absolute Gasteiger partial charge is 0.0542 e. The molecule has 3 heteroatoms. The van der Waals surface area contributed by atoms with Crippen LogP contribution in [-0.2, 0) is 6.42 Å². The van der Waals surface area contributed by atoms with Crippen LogP contribution in [0.1, 0.15) is 19.4 Å². The van der Waals surface area contributed by atoms with E-state index in [4.69, 9.17) is 0 Å². The highest BCUT2D eigenvalue weighted by atomic mass is 15.3. The first-order chi connectivity index (χ1) is 9.17. The van der Waals surface area contributed by atoms with Crippen molar-refractivity contribution in [3.8, 4) is 0 Å². The van der Waals surface area contributed by atoms with Gasteiger partial charge in [0.05, 0.1) is 6.04 Å². The molecule has 1 saturated heterocycles. The lowest BCUT2D eigenvalue weighted by molar-refractivity contribution is 0.198. The van der Waals surface area contributed by atoms with Crippen molar-refractivity contribution in [1.82, 2.24) is 10.2 Å². The number of hydrogen-bond acceptors (Lipinski definition) is 3. The van der Waals surface area contributed by atoms with Gasteiger partial charge in [0.15, 0.2) is 0 Å². The molecule has 1 N–H and O–H groups in total.